The van der Waals surface area contributed by atoms with E-state index in [-0.39, 0.29) is 6.04 Å². The van der Waals surface area contributed by atoms with E-state index in [4.69, 9.17) is 11.0 Å². The highest BCUT2D eigenvalue weighted by molar-refractivity contribution is 9.10. The minimum Gasteiger partial charge on any atom is -0.322 e. The second-order valence-electron chi connectivity index (χ2n) is 2.37. The first-order valence-electron chi connectivity index (χ1n) is 3.48. The molecular weight excluding hydrogens is 218 g/mol. The Morgan fingerprint density at radius 2 is 2.42 bits per heavy atom. The van der Waals surface area contributed by atoms with Crippen LogP contribution >= 0.6 is 15.9 Å². The molecule has 0 aliphatic heterocycles. The molecule has 3 nitrogen and oxygen atoms in total. The van der Waals surface area contributed by atoms with E-state index in [9.17, 15) is 0 Å². The molecule has 1 aromatic heterocycles. The average molecular weight is 226 g/mol. The Morgan fingerprint density at radius 1 is 1.67 bits per heavy atom. The second-order valence-corrected chi connectivity index (χ2v) is 3.29. The third-order valence-electron chi connectivity index (χ3n) is 1.44. The fraction of sp³-hybridized carbons (Fsp3) is 0.250. The summed E-state index contributed by atoms with van der Waals surface area (Å²) in [6.07, 6.45) is 1.97. The minimum atomic E-state index is -0.275. The van der Waals surface area contributed by atoms with Gasteiger partial charge < -0.3 is 5.73 Å². The molecule has 12 heavy (non-hydrogen) atoms. The van der Waals surface area contributed by atoms with Crippen molar-refractivity contribution < 1.29 is 0 Å². The van der Waals surface area contributed by atoms with Gasteiger partial charge in [0.1, 0.15) is 0 Å². The Bertz CT molecular complexity index is 288. The van der Waals surface area contributed by atoms with E-state index in [1.54, 1.807) is 6.20 Å². The van der Waals surface area contributed by atoms with Gasteiger partial charge in [-0.3, -0.25) is 4.98 Å². The predicted molar refractivity (Wildman–Crippen MR) is 49.1 cm³/mol. The molecule has 0 spiro atoms. The summed E-state index contributed by atoms with van der Waals surface area (Å²) in [5, 5.41) is 8.39. The van der Waals surface area contributed by atoms with Gasteiger partial charge in [-0.05, 0) is 28.1 Å². The molecule has 0 bridgehead atoms. The molecule has 1 atom stereocenters. The average Bonchev–Trinajstić information content (AvgIpc) is 2.06. The quantitative estimate of drug-likeness (QED) is 0.835. The van der Waals surface area contributed by atoms with Gasteiger partial charge in [0.25, 0.3) is 0 Å². The SMILES string of the molecule is N#CCC(N)c1ccc(Br)cn1. The molecule has 0 radical (unpaired) electrons. The van der Waals surface area contributed by atoms with Crippen LogP contribution in [0, 0.1) is 11.3 Å². The van der Waals surface area contributed by atoms with Crippen molar-refractivity contribution in [2.45, 2.75) is 12.5 Å². The normalized spacial score (nSPS) is 12.1. The van der Waals surface area contributed by atoms with Crippen LogP contribution in [0.15, 0.2) is 22.8 Å². The van der Waals surface area contributed by atoms with E-state index in [0.29, 0.717) is 6.42 Å². The van der Waals surface area contributed by atoms with Gasteiger partial charge >= 0.3 is 0 Å². The third-order valence-corrected chi connectivity index (χ3v) is 1.91. The van der Waals surface area contributed by atoms with Crippen LogP contribution in [0.2, 0.25) is 0 Å². The fourth-order valence-electron chi connectivity index (χ4n) is 0.810. The van der Waals surface area contributed by atoms with Crippen molar-refractivity contribution in [3.8, 4) is 6.07 Å². The number of aromatic nitrogens is 1. The molecule has 4 heteroatoms. The van der Waals surface area contributed by atoms with E-state index < -0.39 is 0 Å². The number of hydrogen-bond acceptors (Lipinski definition) is 3. The van der Waals surface area contributed by atoms with Crippen molar-refractivity contribution in [2.24, 2.45) is 5.73 Å². The summed E-state index contributed by atoms with van der Waals surface area (Å²) < 4.78 is 0.912. The molecule has 1 unspecified atom stereocenters. The van der Waals surface area contributed by atoms with Gasteiger partial charge in [0.2, 0.25) is 0 Å². The Balaban J connectivity index is 2.76. The largest absolute Gasteiger partial charge is 0.322 e. The molecule has 62 valence electrons. The third kappa shape index (κ3) is 2.29. The Morgan fingerprint density at radius 3 is 2.92 bits per heavy atom. The summed E-state index contributed by atoms with van der Waals surface area (Å²) in [4.78, 5) is 4.07. The van der Waals surface area contributed by atoms with Crippen LogP contribution in [0.3, 0.4) is 0 Å². The molecule has 1 heterocycles. The van der Waals surface area contributed by atoms with E-state index in [1.807, 2.05) is 18.2 Å². The van der Waals surface area contributed by atoms with E-state index >= 15 is 0 Å². The van der Waals surface area contributed by atoms with Crippen molar-refractivity contribution in [2.75, 3.05) is 0 Å². The van der Waals surface area contributed by atoms with Gasteiger partial charge in [-0.15, -0.1) is 0 Å². The van der Waals surface area contributed by atoms with Crippen molar-refractivity contribution in [1.29, 1.82) is 5.26 Å². The molecule has 0 aromatic carbocycles. The number of halogens is 1. The lowest BCUT2D eigenvalue weighted by Gasteiger charge is -2.05. The highest BCUT2D eigenvalue weighted by Gasteiger charge is 2.05. The van der Waals surface area contributed by atoms with Crippen LogP contribution in [0.25, 0.3) is 0 Å². The molecule has 0 fully saturated rings. The van der Waals surface area contributed by atoms with Gasteiger partial charge in [-0.2, -0.15) is 5.26 Å². The highest BCUT2D eigenvalue weighted by Crippen LogP contribution is 2.13. The van der Waals surface area contributed by atoms with Crippen molar-refractivity contribution in [1.82, 2.24) is 4.98 Å². The van der Waals surface area contributed by atoms with E-state index in [0.717, 1.165) is 10.2 Å². The zero-order valence-electron chi connectivity index (χ0n) is 6.37. The van der Waals surface area contributed by atoms with Gasteiger partial charge in [-0.1, -0.05) is 0 Å². The molecule has 2 N–H and O–H groups in total. The summed E-state index contributed by atoms with van der Waals surface area (Å²) in [5.74, 6) is 0. The van der Waals surface area contributed by atoms with Gasteiger partial charge in [0.15, 0.2) is 0 Å². The lowest BCUT2D eigenvalue weighted by atomic mass is 10.1. The Kier molecular flexibility index (Phi) is 3.20. The van der Waals surface area contributed by atoms with Crippen LogP contribution in [0.1, 0.15) is 18.2 Å². The smallest absolute Gasteiger partial charge is 0.0642 e. The first-order valence-corrected chi connectivity index (χ1v) is 4.27. The zero-order chi connectivity index (χ0) is 8.97. The summed E-state index contributed by atoms with van der Waals surface area (Å²) in [5.41, 5.74) is 6.41. The van der Waals surface area contributed by atoms with Crippen molar-refractivity contribution in [3.63, 3.8) is 0 Å². The van der Waals surface area contributed by atoms with Crippen LogP contribution in [0.5, 0.6) is 0 Å². The molecular formula is C8H8BrN3. The first-order chi connectivity index (χ1) is 5.74. The second kappa shape index (κ2) is 4.19. The predicted octanol–water partition coefficient (Wildman–Crippen LogP) is 1.76. The number of nitrogens with two attached hydrogens (primary N) is 1. The summed E-state index contributed by atoms with van der Waals surface area (Å²) in [6.45, 7) is 0. The molecule has 0 amide bonds. The number of nitriles is 1. The standard InChI is InChI=1S/C8H8BrN3/c9-6-1-2-8(12-5-6)7(11)3-4-10/h1-2,5,7H,3,11H2. The van der Waals surface area contributed by atoms with Crippen LogP contribution in [0.4, 0.5) is 0 Å². The van der Waals surface area contributed by atoms with Crippen LogP contribution in [-0.2, 0) is 0 Å². The molecule has 0 saturated heterocycles. The molecule has 1 rings (SSSR count). The molecule has 0 aliphatic rings. The summed E-state index contributed by atoms with van der Waals surface area (Å²) in [7, 11) is 0. The number of pyridine rings is 1. The first kappa shape index (κ1) is 9.17. The van der Waals surface area contributed by atoms with Crippen molar-refractivity contribution >= 4 is 15.9 Å². The van der Waals surface area contributed by atoms with Gasteiger partial charge in [-0.25, -0.2) is 0 Å². The van der Waals surface area contributed by atoms with Crippen LogP contribution < -0.4 is 5.73 Å². The monoisotopic (exact) mass is 225 g/mol. The lowest BCUT2D eigenvalue weighted by Crippen LogP contribution is -2.10. The lowest BCUT2D eigenvalue weighted by molar-refractivity contribution is 0.719. The van der Waals surface area contributed by atoms with E-state index in [2.05, 4.69) is 20.9 Å². The summed E-state index contributed by atoms with van der Waals surface area (Å²) in [6, 6.07) is 5.40. The topological polar surface area (TPSA) is 62.7 Å². The number of hydrogen-bond donors (Lipinski definition) is 1. The zero-order valence-corrected chi connectivity index (χ0v) is 7.95. The van der Waals surface area contributed by atoms with E-state index in [1.165, 1.54) is 0 Å². The number of rotatable bonds is 2. The van der Waals surface area contributed by atoms with Gasteiger partial charge in [0.05, 0.1) is 24.2 Å². The Labute approximate surface area is 79.3 Å². The molecule has 0 aliphatic carbocycles. The Hall–Kier alpha value is -0.920. The maximum Gasteiger partial charge on any atom is 0.0642 e. The fourth-order valence-corrected chi connectivity index (χ4v) is 1.04. The summed E-state index contributed by atoms with van der Waals surface area (Å²) >= 11 is 3.27. The minimum absolute atomic E-state index is 0.275. The van der Waals surface area contributed by atoms with Crippen LogP contribution in [-0.4, -0.2) is 4.98 Å². The molecule has 1 aromatic rings. The maximum atomic E-state index is 8.39. The maximum absolute atomic E-state index is 8.39. The van der Waals surface area contributed by atoms with Gasteiger partial charge in [0, 0.05) is 10.7 Å². The van der Waals surface area contributed by atoms with Crippen molar-refractivity contribution in [3.05, 3.63) is 28.5 Å². The highest BCUT2D eigenvalue weighted by atomic mass is 79.9. The molecule has 0 saturated carbocycles. The number of nitrogens with zero attached hydrogens (tertiary/aromatic N) is 2.